The van der Waals surface area contributed by atoms with E-state index in [0.29, 0.717) is 0 Å². The van der Waals surface area contributed by atoms with Crippen LogP contribution in [0.25, 0.3) is 33.5 Å². The van der Waals surface area contributed by atoms with Gasteiger partial charge in [-0.25, -0.2) is 28.8 Å². The molecule has 0 spiro atoms. The maximum Gasteiger partial charge on any atom is 3.00 e. The Morgan fingerprint density at radius 1 is 0.900 bits per heavy atom. The van der Waals surface area contributed by atoms with Crippen LogP contribution in [-0.2, 0) is 72.5 Å². The van der Waals surface area contributed by atoms with E-state index >= 15 is 0 Å². The van der Waals surface area contributed by atoms with Gasteiger partial charge in [0.2, 0.25) is 0 Å². The average molecular weight is 537 g/mol. The second kappa shape index (κ2) is 13.4. The van der Waals surface area contributed by atoms with Crippen molar-refractivity contribution in [2.75, 3.05) is 0 Å². The quantitative estimate of drug-likeness (QED) is 0.214. The molecule has 1 heterocycles. The number of rotatable bonds is 3. The smallest absolute Gasteiger partial charge is 0.358 e. The van der Waals surface area contributed by atoms with Crippen LogP contribution in [0.3, 0.4) is 0 Å². The van der Waals surface area contributed by atoms with Gasteiger partial charge in [-0.2, -0.15) is 24.3 Å². The van der Waals surface area contributed by atoms with E-state index in [1.807, 2.05) is 55.8 Å². The van der Waals surface area contributed by atoms with Gasteiger partial charge in [0.25, 0.3) is 0 Å². The number of aryl methyl sites for hydroxylation is 2. The first-order valence-electron chi connectivity index (χ1n) is 8.47. The summed E-state index contributed by atoms with van der Waals surface area (Å²) in [5, 5.41) is 0. The number of hydrogen-bond donors (Lipinski definition) is 0. The zero-order valence-electron chi connectivity index (χ0n) is 17.5. The molecule has 0 fully saturated rings. The molecular formula is C25H20BN2Y2-. The first-order chi connectivity index (χ1) is 12.7. The molecule has 4 aromatic rings. The van der Waals surface area contributed by atoms with Crippen molar-refractivity contribution >= 4 is 8.41 Å². The Balaban J connectivity index is 0.00000210. The van der Waals surface area contributed by atoms with Crippen molar-refractivity contribution in [3.05, 3.63) is 104 Å². The van der Waals surface area contributed by atoms with Gasteiger partial charge >= 0.3 is 32.7 Å². The first kappa shape index (κ1) is 29.0. The third-order valence-corrected chi connectivity index (χ3v) is 4.37. The van der Waals surface area contributed by atoms with Gasteiger partial charge in [0.15, 0.2) is 11.9 Å². The molecule has 4 radical (unpaired) electrons. The van der Waals surface area contributed by atoms with Crippen LogP contribution in [-0.4, -0.2) is 13.4 Å². The number of benzene rings is 3. The summed E-state index contributed by atoms with van der Waals surface area (Å²) in [6.45, 7) is 2.09. The Hall–Kier alpha value is -0.987. The van der Waals surface area contributed by atoms with Gasteiger partial charge in [0.1, 0.15) is 7.05 Å². The zero-order valence-corrected chi connectivity index (χ0v) is 23.2. The van der Waals surface area contributed by atoms with Crippen LogP contribution in [0.2, 0.25) is 0 Å². The van der Waals surface area contributed by atoms with Gasteiger partial charge in [-0.15, -0.1) is 17.7 Å². The molecule has 4 rings (SSSR count). The second-order valence-electron chi connectivity index (χ2n) is 6.17. The normalized spacial score (nSPS) is 9.27. The van der Waals surface area contributed by atoms with Crippen molar-refractivity contribution in [2.45, 2.75) is 6.92 Å². The fraction of sp³-hybridized carbons (Fsp3) is 0.0800. The monoisotopic (exact) mass is 537 g/mol. The fourth-order valence-corrected chi connectivity index (χ4v) is 2.93. The Bertz CT molecular complexity index is 1070. The van der Waals surface area contributed by atoms with Crippen molar-refractivity contribution in [1.82, 2.24) is 4.98 Å². The SMILES string of the molecule is Cc1ccc(-c2[c-]c(-c3[c-]cccc3)[c-]cc2)[c-]c1-c1cncc[n+]1C.[B].[CH3-].[Y+3].[Y]. The Morgan fingerprint density at radius 2 is 1.67 bits per heavy atom. The van der Waals surface area contributed by atoms with Crippen LogP contribution in [0.5, 0.6) is 0 Å². The van der Waals surface area contributed by atoms with Crippen LogP contribution in [0.1, 0.15) is 5.56 Å². The van der Waals surface area contributed by atoms with Crippen molar-refractivity contribution in [1.29, 1.82) is 0 Å². The van der Waals surface area contributed by atoms with E-state index in [1.165, 1.54) is 0 Å². The van der Waals surface area contributed by atoms with Crippen molar-refractivity contribution < 1.29 is 70.0 Å². The van der Waals surface area contributed by atoms with E-state index in [1.54, 1.807) is 6.20 Å². The van der Waals surface area contributed by atoms with Gasteiger partial charge in [0.05, 0.1) is 12.4 Å². The summed E-state index contributed by atoms with van der Waals surface area (Å²) in [4.78, 5) is 4.26. The molecule has 0 aliphatic heterocycles. The van der Waals surface area contributed by atoms with Gasteiger partial charge in [-0.3, -0.25) is 27.7 Å². The third kappa shape index (κ3) is 6.50. The summed E-state index contributed by atoms with van der Waals surface area (Å²) < 4.78 is 2.06. The number of aromatic nitrogens is 2. The molecule has 0 bridgehead atoms. The summed E-state index contributed by atoms with van der Waals surface area (Å²) in [5.41, 5.74) is 7.13. The van der Waals surface area contributed by atoms with E-state index in [-0.39, 0.29) is 81.3 Å². The van der Waals surface area contributed by atoms with Crippen LogP contribution >= 0.6 is 0 Å². The summed E-state index contributed by atoms with van der Waals surface area (Å²) >= 11 is 0. The Kier molecular flexibility index (Phi) is 13.0. The average Bonchev–Trinajstić information content (AvgIpc) is 2.70. The molecule has 140 valence electrons. The molecule has 0 saturated carbocycles. The predicted molar refractivity (Wildman–Crippen MR) is 114 cm³/mol. The fourth-order valence-electron chi connectivity index (χ4n) is 2.93. The van der Waals surface area contributed by atoms with Crippen LogP contribution in [0.15, 0.2) is 67.1 Å². The summed E-state index contributed by atoms with van der Waals surface area (Å²) in [6, 6.07) is 29.5. The summed E-state index contributed by atoms with van der Waals surface area (Å²) in [6.07, 6.45) is 5.60. The van der Waals surface area contributed by atoms with Crippen molar-refractivity contribution in [2.24, 2.45) is 7.05 Å². The maximum atomic E-state index is 4.26. The van der Waals surface area contributed by atoms with Crippen LogP contribution < -0.4 is 4.57 Å². The number of nitrogens with zero attached hydrogens (tertiary/aromatic N) is 2. The van der Waals surface area contributed by atoms with Crippen molar-refractivity contribution in [3.8, 4) is 33.5 Å². The topological polar surface area (TPSA) is 16.8 Å². The van der Waals surface area contributed by atoms with Gasteiger partial charge in [-0.05, 0) is 0 Å². The van der Waals surface area contributed by atoms with Crippen molar-refractivity contribution in [3.63, 3.8) is 0 Å². The largest absolute Gasteiger partial charge is 3.00 e. The molecule has 0 saturated heterocycles. The van der Waals surface area contributed by atoms with E-state index in [9.17, 15) is 0 Å². The molecule has 30 heavy (non-hydrogen) atoms. The Morgan fingerprint density at radius 3 is 2.37 bits per heavy atom. The van der Waals surface area contributed by atoms with E-state index < -0.39 is 0 Å². The molecule has 5 heteroatoms. The molecular weight excluding hydrogens is 517 g/mol. The molecule has 1 aromatic heterocycles. The molecule has 0 amide bonds. The minimum atomic E-state index is 0. The standard InChI is InChI=1S/C24H17N2.CH3.B.2Y/c1-18-11-12-22(16-23(18)24-17-25-13-14-26(24)2)21-10-6-9-20(15-21)19-7-4-3-5-8-19;;;;/h3-7,10-14,17H,1-2H3;1H3;;;/q-3;-1;;;+3. The van der Waals surface area contributed by atoms with Gasteiger partial charge in [0, 0.05) is 41.1 Å². The molecule has 0 atom stereocenters. The number of hydrogen-bond acceptors (Lipinski definition) is 1. The van der Waals surface area contributed by atoms with Crippen LogP contribution in [0.4, 0.5) is 0 Å². The van der Waals surface area contributed by atoms with E-state index in [2.05, 4.69) is 52.9 Å². The molecule has 0 aliphatic carbocycles. The third-order valence-electron chi connectivity index (χ3n) is 4.37. The first-order valence-corrected chi connectivity index (χ1v) is 8.47. The molecule has 0 aliphatic rings. The van der Waals surface area contributed by atoms with Gasteiger partial charge < -0.3 is 19.1 Å². The van der Waals surface area contributed by atoms with E-state index in [0.717, 1.165) is 39.1 Å². The minimum absolute atomic E-state index is 0. The molecule has 0 unspecified atom stereocenters. The molecule has 2 nitrogen and oxygen atoms in total. The summed E-state index contributed by atoms with van der Waals surface area (Å²) in [5.74, 6) is 0. The molecule has 3 aromatic carbocycles. The predicted octanol–water partition coefficient (Wildman–Crippen LogP) is 4.48. The van der Waals surface area contributed by atoms with Crippen LogP contribution in [0, 0.1) is 38.6 Å². The van der Waals surface area contributed by atoms with Gasteiger partial charge in [-0.1, -0.05) is 12.5 Å². The zero-order chi connectivity index (χ0) is 17.9. The molecule has 0 N–H and O–H groups in total. The summed E-state index contributed by atoms with van der Waals surface area (Å²) in [7, 11) is 2.02. The Labute approximate surface area is 232 Å². The minimum Gasteiger partial charge on any atom is -0.358 e. The second-order valence-corrected chi connectivity index (χ2v) is 6.17. The maximum absolute atomic E-state index is 4.26. The van der Waals surface area contributed by atoms with E-state index in [4.69, 9.17) is 0 Å².